The van der Waals surface area contributed by atoms with Gasteiger partial charge in [-0.2, -0.15) is 11.8 Å². The van der Waals surface area contributed by atoms with Crippen LogP contribution in [0.15, 0.2) is 0 Å². The monoisotopic (exact) mass is 218 g/mol. The summed E-state index contributed by atoms with van der Waals surface area (Å²) >= 11 is 1.78. The highest BCUT2D eigenvalue weighted by Gasteiger charge is 1.98. The summed E-state index contributed by atoms with van der Waals surface area (Å²) in [5, 5.41) is 2.91. The highest BCUT2D eigenvalue weighted by molar-refractivity contribution is 7.98. The van der Waals surface area contributed by atoms with Crippen LogP contribution in [0.2, 0.25) is 0 Å². The SMILES string of the molecule is CSCCCC(=O)NCCCCCN. The molecule has 0 aliphatic rings. The molecule has 0 aliphatic heterocycles. The number of amides is 1. The molecule has 0 saturated heterocycles. The Balaban J connectivity index is 3.10. The van der Waals surface area contributed by atoms with Crippen LogP contribution < -0.4 is 11.1 Å². The van der Waals surface area contributed by atoms with Crippen molar-refractivity contribution in [3.63, 3.8) is 0 Å². The minimum atomic E-state index is 0.187. The third-order valence-electron chi connectivity index (χ3n) is 1.96. The number of nitrogens with two attached hydrogens (primary N) is 1. The molecule has 0 saturated carbocycles. The van der Waals surface area contributed by atoms with E-state index in [2.05, 4.69) is 11.6 Å². The lowest BCUT2D eigenvalue weighted by atomic mass is 10.2. The predicted octanol–water partition coefficient (Wildman–Crippen LogP) is 1.37. The van der Waals surface area contributed by atoms with Crippen LogP contribution in [0.25, 0.3) is 0 Å². The van der Waals surface area contributed by atoms with Crippen molar-refractivity contribution in [1.29, 1.82) is 0 Å². The molecule has 4 heteroatoms. The number of carbonyl (C=O) groups excluding carboxylic acids is 1. The van der Waals surface area contributed by atoms with Gasteiger partial charge in [0.2, 0.25) is 5.91 Å². The fourth-order valence-electron chi connectivity index (χ4n) is 1.14. The second-order valence-electron chi connectivity index (χ2n) is 3.30. The van der Waals surface area contributed by atoms with Crippen LogP contribution >= 0.6 is 11.8 Å². The number of carbonyl (C=O) groups is 1. The second kappa shape index (κ2) is 10.9. The lowest BCUT2D eigenvalue weighted by molar-refractivity contribution is -0.121. The van der Waals surface area contributed by atoms with Crippen LogP contribution in [0.3, 0.4) is 0 Å². The Kier molecular flexibility index (Phi) is 10.7. The Labute approximate surface area is 91.2 Å². The van der Waals surface area contributed by atoms with E-state index in [4.69, 9.17) is 5.73 Å². The van der Waals surface area contributed by atoms with Crippen LogP contribution in [0.1, 0.15) is 32.1 Å². The third kappa shape index (κ3) is 9.86. The van der Waals surface area contributed by atoms with Crippen molar-refractivity contribution in [3.8, 4) is 0 Å². The summed E-state index contributed by atoms with van der Waals surface area (Å²) < 4.78 is 0. The van der Waals surface area contributed by atoms with Crippen molar-refractivity contribution < 1.29 is 4.79 Å². The Morgan fingerprint density at radius 2 is 2.07 bits per heavy atom. The van der Waals surface area contributed by atoms with E-state index in [9.17, 15) is 4.79 Å². The summed E-state index contributed by atoms with van der Waals surface area (Å²) in [6.45, 7) is 1.56. The van der Waals surface area contributed by atoms with Gasteiger partial charge in [-0.25, -0.2) is 0 Å². The number of unbranched alkanes of at least 4 members (excludes halogenated alkanes) is 2. The van der Waals surface area contributed by atoms with E-state index >= 15 is 0 Å². The molecule has 14 heavy (non-hydrogen) atoms. The lowest BCUT2D eigenvalue weighted by Gasteiger charge is -2.04. The molecule has 0 aliphatic carbocycles. The van der Waals surface area contributed by atoms with Gasteiger partial charge in [0.25, 0.3) is 0 Å². The van der Waals surface area contributed by atoms with E-state index < -0.39 is 0 Å². The lowest BCUT2D eigenvalue weighted by Crippen LogP contribution is -2.24. The molecule has 3 N–H and O–H groups in total. The molecule has 0 aromatic carbocycles. The van der Waals surface area contributed by atoms with E-state index in [1.54, 1.807) is 11.8 Å². The molecule has 0 bridgehead atoms. The average molecular weight is 218 g/mol. The predicted molar refractivity (Wildman–Crippen MR) is 63.5 cm³/mol. The van der Waals surface area contributed by atoms with E-state index in [-0.39, 0.29) is 5.91 Å². The van der Waals surface area contributed by atoms with Crippen LogP contribution in [-0.2, 0) is 4.79 Å². The van der Waals surface area contributed by atoms with Gasteiger partial charge in [-0.1, -0.05) is 6.42 Å². The molecule has 0 aromatic rings. The Bertz CT molecular complexity index is 142. The highest BCUT2D eigenvalue weighted by atomic mass is 32.2. The van der Waals surface area contributed by atoms with Gasteiger partial charge in [-0.3, -0.25) is 4.79 Å². The molecule has 0 unspecified atom stereocenters. The van der Waals surface area contributed by atoms with Crippen molar-refractivity contribution in [2.45, 2.75) is 32.1 Å². The standard InChI is InChI=1S/C10H22N2OS/c1-14-9-5-6-10(13)12-8-4-2-3-7-11/h2-9,11H2,1H3,(H,12,13). The molecule has 0 rings (SSSR count). The largest absolute Gasteiger partial charge is 0.356 e. The number of hydrogen-bond donors (Lipinski definition) is 2. The van der Waals surface area contributed by atoms with Gasteiger partial charge in [0.1, 0.15) is 0 Å². The first-order chi connectivity index (χ1) is 6.81. The Morgan fingerprint density at radius 1 is 1.29 bits per heavy atom. The van der Waals surface area contributed by atoms with Crippen molar-refractivity contribution in [1.82, 2.24) is 5.32 Å². The maximum Gasteiger partial charge on any atom is 0.220 e. The summed E-state index contributed by atoms with van der Waals surface area (Å²) in [4.78, 5) is 11.2. The first kappa shape index (κ1) is 13.8. The van der Waals surface area contributed by atoms with Gasteiger partial charge in [0.05, 0.1) is 0 Å². The first-order valence-corrected chi connectivity index (χ1v) is 6.66. The number of hydrogen-bond acceptors (Lipinski definition) is 3. The summed E-state index contributed by atoms with van der Waals surface area (Å²) in [5.74, 6) is 1.26. The molecule has 0 aromatic heterocycles. The molecular weight excluding hydrogens is 196 g/mol. The van der Waals surface area contributed by atoms with Crippen LogP contribution in [0.4, 0.5) is 0 Å². The van der Waals surface area contributed by atoms with Crippen LogP contribution in [0.5, 0.6) is 0 Å². The zero-order valence-electron chi connectivity index (χ0n) is 9.05. The maximum atomic E-state index is 11.2. The summed E-state index contributed by atoms with van der Waals surface area (Å²) in [5.41, 5.74) is 5.36. The Hall–Kier alpha value is -0.220. The summed E-state index contributed by atoms with van der Waals surface area (Å²) in [6.07, 6.45) is 6.92. The smallest absolute Gasteiger partial charge is 0.220 e. The quantitative estimate of drug-likeness (QED) is 0.575. The van der Waals surface area contributed by atoms with Crippen LogP contribution in [0, 0.1) is 0 Å². The van der Waals surface area contributed by atoms with Crippen molar-refractivity contribution in [2.24, 2.45) is 5.73 Å². The van der Waals surface area contributed by atoms with Crippen molar-refractivity contribution >= 4 is 17.7 Å². The topological polar surface area (TPSA) is 55.1 Å². The molecular formula is C10H22N2OS. The Morgan fingerprint density at radius 3 is 2.71 bits per heavy atom. The number of rotatable bonds is 9. The van der Waals surface area contributed by atoms with E-state index in [0.717, 1.165) is 44.5 Å². The van der Waals surface area contributed by atoms with Gasteiger partial charge >= 0.3 is 0 Å². The fourth-order valence-corrected chi connectivity index (χ4v) is 1.57. The van der Waals surface area contributed by atoms with Crippen LogP contribution in [-0.4, -0.2) is 31.0 Å². The zero-order chi connectivity index (χ0) is 10.6. The van der Waals surface area contributed by atoms with Gasteiger partial charge in [0.15, 0.2) is 0 Å². The molecule has 0 fully saturated rings. The molecule has 0 radical (unpaired) electrons. The van der Waals surface area contributed by atoms with Gasteiger partial charge in [0, 0.05) is 13.0 Å². The van der Waals surface area contributed by atoms with E-state index in [1.165, 1.54) is 0 Å². The minimum absolute atomic E-state index is 0.187. The van der Waals surface area contributed by atoms with Gasteiger partial charge in [-0.05, 0) is 37.8 Å². The minimum Gasteiger partial charge on any atom is -0.356 e. The van der Waals surface area contributed by atoms with Crippen molar-refractivity contribution in [2.75, 3.05) is 25.1 Å². The third-order valence-corrected chi connectivity index (χ3v) is 2.65. The second-order valence-corrected chi connectivity index (χ2v) is 4.28. The molecule has 0 atom stereocenters. The highest BCUT2D eigenvalue weighted by Crippen LogP contribution is 1.99. The van der Waals surface area contributed by atoms with Gasteiger partial charge in [-0.15, -0.1) is 0 Å². The van der Waals surface area contributed by atoms with Gasteiger partial charge < -0.3 is 11.1 Å². The zero-order valence-corrected chi connectivity index (χ0v) is 9.87. The first-order valence-electron chi connectivity index (χ1n) is 5.27. The number of thioether (sulfide) groups is 1. The molecule has 1 amide bonds. The molecule has 0 spiro atoms. The van der Waals surface area contributed by atoms with E-state index in [0.29, 0.717) is 6.42 Å². The summed E-state index contributed by atoms with van der Waals surface area (Å²) in [6, 6.07) is 0. The normalized spacial score (nSPS) is 10.1. The fraction of sp³-hybridized carbons (Fsp3) is 0.900. The molecule has 3 nitrogen and oxygen atoms in total. The summed E-state index contributed by atoms with van der Waals surface area (Å²) in [7, 11) is 0. The van der Waals surface area contributed by atoms with E-state index in [1.807, 2.05) is 0 Å². The molecule has 0 heterocycles. The number of nitrogens with one attached hydrogen (secondary N) is 1. The van der Waals surface area contributed by atoms with Crippen molar-refractivity contribution in [3.05, 3.63) is 0 Å². The molecule has 84 valence electrons. The average Bonchev–Trinajstić information content (AvgIpc) is 2.18. The maximum absolute atomic E-state index is 11.2.